The topological polar surface area (TPSA) is 93.8 Å². The first-order valence-corrected chi connectivity index (χ1v) is 11.4. The van der Waals surface area contributed by atoms with Crippen LogP contribution in [0.3, 0.4) is 0 Å². The number of likely N-dealkylation sites (N-methyl/N-ethyl adjacent to an activating group) is 1. The molecule has 3 fully saturated rings. The van der Waals surface area contributed by atoms with Gasteiger partial charge < -0.3 is 0 Å². The number of amides is 4. The minimum atomic E-state index is -0.668. The van der Waals surface area contributed by atoms with Crippen LogP contribution in [0.25, 0.3) is 0 Å². The van der Waals surface area contributed by atoms with Gasteiger partial charge in [0.15, 0.2) is 0 Å². The summed E-state index contributed by atoms with van der Waals surface area (Å²) in [6.07, 6.45) is 13.1. The van der Waals surface area contributed by atoms with Crippen molar-refractivity contribution in [3.05, 3.63) is 11.6 Å². The van der Waals surface area contributed by atoms with E-state index in [1.165, 1.54) is 52.0 Å². The standard InChI is InChI=1S/C22H37N5O3/c1-26(2)21-23-14-16(13-17-19(28)25-22(30)27(3)20(17)29)18(24-21)15-11-9-7-5-4-6-8-10-12-15/h13,15-16,18,21,23-24H,4-12,14H2,1-3H3,(H,25,28,30)/b17-13-. The number of rotatable bonds is 3. The molecule has 3 atom stereocenters. The van der Waals surface area contributed by atoms with Gasteiger partial charge in [-0.25, -0.2) is 4.79 Å². The lowest BCUT2D eigenvalue weighted by Gasteiger charge is -2.44. The Morgan fingerprint density at radius 3 is 2.17 bits per heavy atom. The zero-order valence-corrected chi connectivity index (χ0v) is 18.6. The smallest absolute Gasteiger partial charge is 0.289 e. The number of urea groups is 1. The zero-order valence-electron chi connectivity index (χ0n) is 18.6. The van der Waals surface area contributed by atoms with Crippen molar-refractivity contribution in [3.8, 4) is 0 Å². The van der Waals surface area contributed by atoms with Gasteiger partial charge >= 0.3 is 6.03 Å². The molecule has 3 N–H and O–H groups in total. The van der Waals surface area contributed by atoms with Crippen LogP contribution in [0.4, 0.5) is 4.79 Å². The summed E-state index contributed by atoms with van der Waals surface area (Å²) in [5.74, 6) is -0.623. The highest BCUT2D eigenvalue weighted by atomic mass is 16.2. The van der Waals surface area contributed by atoms with Crippen molar-refractivity contribution in [1.82, 2.24) is 25.8 Å². The second kappa shape index (κ2) is 10.5. The van der Waals surface area contributed by atoms with Crippen LogP contribution in [-0.2, 0) is 9.59 Å². The van der Waals surface area contributed by atoms with E-state index in [-0.39, 0.29) is 23.8 Å². The van der Waals surface area contributed by atoms with Gasteiger partial charge in [-0.15, -0.1) is 0 Å². The van der Waals surface area contributed by atoms with Crippen LogP contribution in [0.15, 0.2) is 11.6 Å². The average molecular weight is 420 g/mol. The predicted octanol–water partition coefficient (Wildman–Crippen LogP) is 1.78. The summed E-state index contributed by atoms with van der Waals surface area (Å²) in [6.45, 7) is 0.679. The minimum absolute atomic E-state index is 0.000410. The normalized spacial score (nSPS) is 31.9. The van der Waals surface area contributed by atoms with Crippen LogP contribution in [0, 0.1) is 11.8 Å². The summed E-state index contributed by atoms with van der Waals surface area (Å²) < 4.78 is 0. The van der Waals surface area contributed by atoms with Crippen LogP contribution in [0.2, 0.25) is 0 Å². The largest absolute Gasteiger partial charge is 0.331 e. The van der Waals surface area contributed by atoms with Gasteiger partial charge in [-0.2, -0.15) is 0 Å². The Kier molecular flexibility index (Phi) is 8.02. The molecule has 3 aliphatic rings. The van der Waals surface area contributed by atoms with E-state index < -0.39 is 17.8 Å². The Morgan fingerprint density at radius 1 is 0.967 bits per heavy atom. The summed E-state index contributed by atoms with van der Waals surface area (Å²) in [5.41, 5.74) is 0.0684. The molecule has 8 heteroatoms. The highest BCUT2D eigenvalue weighted by Gasteiger charge is 2.38. The van der Waals surface area contributed by atoms with Crippen molar-refractivity contribution < 1.29 is 14.4 Å². The summed E-state index contributed by atoms with van der Waals surface area (Å²) in [4.78, 5) is 39.8. The molecule has 0 spiro atoms. The minimum Gasteiger partial charge on any atom is -0.289 e. The molecule has 1 aliphatic carbocycles. The highest BCUT2D eigenvalue weighted by Crippen LogP contribution is 2.30. The molecule has 0 aromatic rings. The van der Waals surface area contributed by atoms with Crippen molar-refractivity contribution in [3.63, 3.8) is 0 Å². The Morgan fingerprint density at radius 2 is 1.57 bits per heavy atom. The molecular formula is C22H37N5O3. The van der Waals surface area contributed by atoms with Crippen LogP contribution in [0.5, 0.6) is 0 Å². The van der Waals surface area contributed by atoms with Crippen molar-refractivity contribution in [2.45, 2.75) is 70.1 Å². The van der Waals surface area contributed by atoms with Gasteiger partial charge in [-0.05, 0) is 32.9 Å². The third-order valence-electron chi connectivity index (χ3n) is 6.72. The first kappa shape index (κ1) is 22.9. The molecular weight excluding hydrogens is 382 g/mol. The summed E-state index contributed by atoms with van der Waals surface area (Å²) in [7, 11) is 5.47. The lowest BCUT2D eigenvalue weighted by molar-refractivity contribution is -0.129. The van der Waals surface area contributed by atoms with E-state index in [1.54, 1.807) is 6.08 Å². The molecule has 1 saturated carbocycles. The molecule has 8 nitrogen and oxygen atoms in total. The number of carbonyl (C=O) groups is 3. The molecule has 2 saturated heterocycles. The summed E-state index contributed by atoms with van der Waals surface area (Å²) in [5, 5.41) is 9.48. The van der Waals surface area contributed by atoms with E-state index in [1.807, 2.05) is 14.1 Å². The average Bonchev–Trinajstić information content (AvgIpc) is 2.73. The van der Waals surface area contributed by atoms with Crippen molar-refractivity contribution >= 4 is 17.8 Å². The van der Waals surface area contributed by atoms with E-state index in [2.05, 4.69) is 20.9 Å². The number of nitrogens with zero attached hydrogens (tertiary/aromatic N) is 2. The lowest BCUT2D eigenvalue weighted by Crippen LogP contribution is -2.65. The molecule has 168 valence electrons. The molecule has 0 aromatic heterocycles. The second-order valence-electron chi connectivity index (χ2n) is 9.15. The second-order valence-corrected chi connectivity index (χ2v) is 9.15. The van der Waals surface area contributed by atoms with Gasteiger partial charge in [0, 0.05) is 25.6 Å². The fourth-order valence-corrected chi connectivity index (χ4v) is 4.90. The van der Waals surface area contributed by atoms with Crippen molar-refractivity contribution in [1.29, 1.82) is 0 Å². The lowest BCUT2D eigenvalue weighted by atomic mass is 9.79. The first-order valence-electron chi connectivity index (χ1n) is 11.4. The van der Waals surface area contributed by atoms with Crippen LogP contribution in [-0.4, -0.2) is 67.7 Å². The Hall–Kier alpha value is -1.77. The Bertz CT molecular complexity index is 668. The fourth-order valence-electron chi connectivity index (χ4n) is 4.90. The number of carbonyl (C=O) groups excluding carboxylic acids is 3. The molecule has 3 rings (SSSR count). The summed E-state index contributed by atoms with van der Waals surface area (Å²) in [6, 6.07) is -0.493. The predicted molar refractivity (Wildman–Crippen MR) is 115 cm³/mol. The van der Waals surface area contributed by atoms with E-state index >= 15 is 0 Å². The maximum absolute atomic E-state index is 12.6. The molecule has 30 heavy (non-hydrogen) atoms. The number of imide groups is 2. The van der Waals surface area contributed by atoms with E-state index in [0.717, 1.165) is 17.7 Å². The van der Waals surface area contributed by atoms with Gasteiger partial charge in [-0.3, -0.25) is 35.3 Å². The Labute approximate surface area is 179 Å². The Balaban J connectivity index is 1.83. The van der Waals surface area contributed by atoms with Gasteiger partial charge in [0.25, 0.3) is 11.8 Å². The van der Waals surface area contributed by atoms with E-state index in [9.17, 15) is 14.4 Å². The summed E-state index contributed by atoms with van der Waals surface area (Å²) >= 11 is 0. The number of hydrogen-bond donors (Lipinski definition) is 3. The molecule has 2 heterocycles. The van der Waals surface area contributed by atoms with Crippen LogP contribution >= 0.6 is 0 Å². The van der Waals surface area contributed by atoms with Crippen molar-refractivity contribution in [2.24, 2.45) is 11.8 Å². The van der Waals surface area contributed by atoms with Crippen LogP contribution in [0.1, 0.15) is 57.8 Å². The van der Waals surface area contributed by atoms with E-state index in [4.69, 9.17) is 0 Å². The molecule has 0 radical (unpaired) electrons. The quantitative estimate of drug-likeness (QED) is 0.477. The monoisotopic (exact) mass is 419 g/mol. The third-order valence-corrected chi connectivity index (χ3v) is 6.72. The SMILES string of the molecule is CN1C(=O)NC(=O)/C(=C/C2CNC(N(C)C)NC2C2CCCCCCCCC2)C1=O. The zero-order chi connectivity index (χ0) is 21.7. The number of barbiturate groups is 1. The third kappa shape index (κ3) is 5.47. The van der Waals surface area contributed by atoms with Gasteiger partial charge in [0.1, 0.15) is 11.9 Å². The van der Waals surface area contributed by atoms with Crippen molar-refractivity contribution in [2.75, 3.05) is 27.7 Å². The molecule has 0 bridgehead atoms. The first-order chi connectivity index (χ1) is 14.4. The fraction of sp³-hybridized carbons (Fsp3) is 0.773. The maximum atomic E-state index is 12.6. The highest BCUT2D eigenvalue weighted by molar-refractivity contribution is 6.28. The van der Waals surface area contributed by atoms with Gasteiger partial charge in [-0.1, -0.05) is 51.0 Å². The van der Waals surface area contributed by atoms with Gasteiger partial charge in [0.05, 0.1) is 0 Å². The molecule has 4 amide bonds. The molecule has 0 aromatic carbocycles. The molecule has 3 unspecified atom stereocenters. The number of hydrogen-bond acceptors (Lipinski definition) is 6. The number of nitrogens with one attached hydrogen (secondary N) is 3. The van der Waals surface area contributed by atoms with Gasteiger partial charge in [0.2, 0.25) is 0 Å². The van der Waals surface area contributed by atoms with Crippen LogP contribution < -0.4 is 16.0 Å². The molecule has 2 aliphatic heterocycles. The van der Waals surface area contributed by atoms with E-state index in [0.29, 0.717) is 12.5 Å². The maximum Gasteiger partial charge on any atom is 0.331 e.